The zero-order valence-corrected chi connectivity index (χ0v) is 22.6. The van der Waals surface area contributed by atoms with Crippen molar-refractivity contribution in [1.29, 1.82) is 0 Å². The Labute approximate surface area is 210 Å². The lowest BCUT2D eigenvalue weighted by Crippen LogP contribution is -2.48. The number of para-hydroxylation sites is 1. The minimum atomic E-state index is -3.51. The Morgan fingerprint density at radius 1 is 0.971 bits per heavy atom. The van der Waals surface area contributed by atoms with E-state index in [4.69, 9.17) is 0 Å². The molecule has 0 aliphatic rings. The number of nitrogens with one attached hydrogen (secondary N) is 1. The van der Waals surface area contributed by atoms with E-state index in [0.29, 0.717) is 31.1 Å². The zero-order valence-electron chi connectivity index (χ0n) is 21.7. The molecule has 0 radical (unpaired) electrons. The van der Waals surface area contributed by atoms with Gasteiger partial charge in [-0.1, -0.05) is 61.9 Å². The summed E-state index contributed by atoms with van der Waals surface area (Å²) in [5, 5.41) is 2.91. The number of aryl methyl sites for hydroxylation is 2. The maximum atomic E-state index is 13.3. The van der Waals surface area contributed by atoms with Gasteiger partial charge < -0.3 is 10.2 Å². The molecule has 2 amide bonds. The molecule has 7 nitrogen and oxygen atoms in total. The Hall–Kier alpha value is -2.87. The number of anilines is 1. The smallest absolute Gasteiger partial charge is 0.242 e. The van der Waals surface area contributed by atoms with Crippen LogP contribution in [0, 0.1) is 19.8 Å². The highest BCUT2D eigenvalue weighted by molar-refractivity contribution is 7.92. The average molecular weight is 502 g/mol. The van der Waals surface area contributed by atoms with Crippen LogP contribution in [0.5, 0.6) is 0 Å². The minimum absolute atomic E-state index is 0.131. The Kier molecular flexibility index (Phi) is 10.3. The first-order valence-corrected chi connectivity index (χ1v) is 13.9. The summed E-state index contributed by atoms with van der Waals surface area (Å²) in [7, 11) is -3.51. The molecule has 1 unspecified atom stereocenters. The molecule has 0 spiro atoms. The van der Waals surface area contributed by atoms with Crippen molar-refractivity contribution >= 4 is 27.5 Å². The number of hydrogen-bond acceptors (Lipinski definition) is 4. The van der Waals surface area contributed by atoms with E-state index >= 15 is 0 Å². The number of nitrogens with zero attached hydrogens (tertiary/aromatic N) is 2. The molecule has 0 aliphatic heterocycles. The Morgan fingerprint density at radius 2 is 1.60 bits per heavy atom. The van der Waals surface area contributed by atoms with Crippen LogP contribution in [0.2, 0.25) is 0 Å². The molecule has 35 heavy (non-hydrogen) atoms. The first-order valence-electron chi connectivity index (χ1n) is 12.1. The van der Waals surface area contributed by atoms with E-state index in [1.165, 1.54) is 10.6 Å². The van der Waals surface area contributed by atoms with Gasteiger partial charge in [0.15, 0.2) is 0 Å². The number of carbonyl (C=O) groups is 2. The van der Waals surface area contributed by atoms with Gasteiger partial charge in [0.2, 0.25) is 21.8 Å². The van der Waals surface area contributed by atoms with E-state index in [-0.39, 0.29) is 24.8 Å². The van der Waals surface area contributed by atoms with Crippen LogP contribution in [-0.2, 0) is 26.2 Å². The van der Waals surface area contributed by atoms with Crippen LogP contribution in [0.4, 0.5) is 5.69 Å². The van der Waals surface area contributed by atoms with Crippen LogP contribution in [0.25, 0.3) is 0 Å². The summed E-state index contributed by atoms with van der Waals surface area (Å²) in [6.45, 7) is 10.7. The summed E-state index contributed by atoms with van der Waals surface area (Å²) in [4.78, 5) is 27.7. The third-order valence-electron chi connectivity index (χ3n) is 5.86. The number of hydrogen-bond donors (Lipinski definition) is 1. The predicted octanol–water partition coefficient (Wildman–Crippen LogP) is 4.04. The molecule has 0 saturated heterocycles. The Balaban J connectivity index is 2.16. The van der Waals surface area contributed by atoms with Crippen molar-refractivity contribution in [2.45, 2.75) is 60.0 Å². The van der Waals surface area contributed by atoms with Crippen LogP contribution >= 0.6 is 0 Å². The summed E-state index contributed by atoms with van der Waals surface area (Å²) >= 11 is 0. The molecular formula is C27H39N3O4S. The van der Waals surface area contributed by atoms with Gasteiger partial charge in [-0.25, -0.2) is 8.42 Å². The Bertz CT molecular complexity index is 1100. The Morgan fingerprint density at radius 3 is 2.17 bits per heavy atom. The SMILES string of the molecule is Cc1ccc(CN(C(=O)CCCN(c2ccccc2C)S(C)(=O)=O)C(C)C(=O)NCC(C)C)cc1. The normalized spacial score (nSPS) is 12.3. The third-order valence-corrected chi connectivity index (χ3v) is 7.04. The van der Waals surface area contributed by atoms with Gasteiger partial charge >= 0.3 is 0 Å². The predicted molar refractivity (Wildman–Crippen MR) is 142 cm³/mol. The van der Waals surface area contributed by atoms with E-state index in [2.05, 4.69) is 5.32 Å². The number of amides is 2. The number of sulfonamides is 1. The molecule has 0 heterocycles. The van der Waals surface area contributed by atoms with E-state index in [0.717, 1.165) is 16.7 Å². The van der Waals surface area contributed by atoms with Gasteiger partial charge in [-0.05, 0) is 50.3 Å². The molecule has 0 bridgehead atoms. The van der Waals surface area contributed by atoms with Crippen LogP contribution in [0.1, 0.15) is 50.3 Å². The van der Waals surface area contributed by atoms with Crippen molar-refractivity contribution in [2.75, 3.05) is 23.7 Å². The van der Waals surface area contributed by atoms with E-state index in [1.54, 1.807) is 24.0 Å². The van der Waals surface area contributed by atoms with Gasteiger partial charge in [0.1, 0.15) is 6.04 Å². The van der Waals surface area contributed by atoms with Gasteiger partial charge in [0.25, 0.3) is 0 Å². The standard InChI is InChI=1S/C27H39N3O4S/c1-20(2)18-28-27(32)23(5)29(19-24-15-13-21(3)14-16-24)26(31)12-9-17-30(35(6,33)34)25-11-8-7-10-22(25)4/h7-8,10-11,13-16,20,23H,9,12,17-19H2,1-6H3,(H,28,32). The highest BCUT2D eigenvalue weighted by Gasteiger charge is 2.27. The van der Waals surface area contributed by atoms with Gasteiger partial charge in [-0.3, -0.25) is 13.9 Å². The first-order chi connectivity index (χ1) is 16.4. The molecular weight excluding hydrogens is 462 g/mol. The summed E-state index contributed by atoms with van der Waals surface area (Å²) in [5.41, 5.74) is 3.51. The number of carbonyl (C=O) groups excluding carboxylic acids is 2. The van der Waals surface area contributed by atoms with Crippen molar-refractivity contribution in [3.63, 3.8) is 0 Å². The fourth-order valence-electron chi connectivity index (χ4n) is 3.75. The molecule has 1 N–H and O–H groups in total. The first kappa shape index (κ1) is 28.4. The second-order valence-corrected chi connectivity index (χ2v) is 11.5. The van der Waals surface area contributed by atoms with Crippen molar-refractivity contribution in [1.82, 2.24) is 10.2 Å². The van der Waals surface area contributed by atoms with Crippen molar-refractivity contribution in [3.05, 3.63) is 65.2 Å². The molecule has 0 saturated carbocycles. The largest absolute Gasteiger partial charge is 0.354 e. The zero-order chi connectivity index (χ0) is 26.2. The topological polar surface area (TPSA) is 86.8 Å². The molecule has 2 aromatic carbocycles. The molecule has 1 atom stereocenters. The molecule has 0 aliphatic carbocycles. The number of rotatable bonds is 12. The molecule has 2 aromatic rings. The lowest BCUT2D eigenvalue weighted by Gasteiger charge is -2.30. The van der Waals surface area contributed by atoms with Crippen molar-refractivity contribution in [2.24, 2.45) is 5.92 Å². The summed E-state index contributed by atoms with van der Waals surface area (Å²) in [6, 6.07) is 14.5. The fourth-order valence-corrected chi connectivity index (χ4v) is 4.77. The van der Waals surface area contributed by atoms with Crippen LogP contribution in [0.3, 0.4) is 0 Å². The summed E-state index contributed by atoms with van der Waals surface area (Å²) in [6.07, 6.45) is 1.64. The number of benzene rings is 2. The maximum Gasteiger partial charge on any atom is 0.242 e. The van der Waals surface area contributed by atoms with Gasteiger partial charge in [-0.15, -0.1) is 0 Å². The molecule has 8 heteroatoms. The summed E-state index contributed by atoms with van der Waals surface area (Å²) < 4.78 is 26.3. The van der Waals surface area contributed by atoms with Crippen molar-refractivity contribution in [3.8, 4) is 0 Å². The molecule has 0 fully saturated rings. The second kappa shape index (κ2) is 12.7. The van der Waals surface area contributed by atoms with Gasteiger partial charge in [0, 0.05) is 26.1 Å². The van der Waals surface area contributed by atoms with Crippen LogP contribution < -0.4 is 9.62 Å². The average Bonchev–Trinajstić information content (AvgIpc) is 2.79. The monoisotopic (exact) mass is 501 g/mol. The van der Waals surface area contributed by atoms with E-state index < -0.39 is 16.1 Å². The molecule has 0 aromatic heterocycles. The van der Waals surface area contributed by atoms with Crippen molar-refractivity contribution < 1.29 is 18.0 Å². The van der Waals surface area contributed by atoms with Crippen LogP contribution in [-0.4, -0.2) is 50.5 Å². The van der Waals surface area contributed by atoms with Crippen LogP contribution in [0.15, 0.2) is 48.5 Å². The maximum absolute atomic E-state index is 13.3. The minimum Gasteiger partial charge on any atom is -0.354 e. The summed E-state index contributed by atoms with van der Waals surface area (Å²) in [5.74, 6) is -0.0799. The highest BCUT2D eigenvalue weighted by Crippen LogP contribution is 2.23. The lowest BCUT2D eigenvalue weighted by atomic mass is 10.1. The van der Waals surface area contributed by atoms with Gasteiger partial charge in [-0.2, -0.15) is 0 Å². The lowest BCUT2D eigenvalue weighted by molar-refractivity contribution is -0.140. The highest BCUT2D eigenvalue weighted by atomic mass is 32.2. The quantitative estimate of drug-likeness (QED) is 0.476. The third kappa shape index (κ3) is 8.69. The second-order valence-electron chi connectivity index (χ2n) is 9.55. The van der Waals surface area contributed by atoms with E-state index in [1.807, 2.05) is 64.1 Å². The molecule has 192 valence electrons. The fraction of sp³-hybridized carbons (Fsp3) is 0.481. The van der Waals surface area contributed by atoms with Gasteiger partial charge in [0.05, 0.1) is 11.9 Å². The van der Waals surface area contributed by atoms with E-state index in [9.17, 15) is 18.0 Å². The molecule has 2 rings (SSSR count).